The number of amides is 1. The van der Waals surface area contributed by atoms with Crippen molar-refractivity contribution in [2.45, 2.75) is 0 Å². The van der Waals surface area contributed by atoms with Gasteiger partial charge in [-0.05, 0) is 24.3 Å². The van der Waals surface area contributed by atoms with Crippen LogP contribution in [0.15, 0.2) is 41.7 Å². The van der Waals surface area contributed by atoms with Gasteiger partial charge < -0.3 is 10.1 Å². The molecule has 3 aromatic rings. The fourth-order valence-corrected chi connectivity index (χ4v) is 2.41. The number of nitrogens with zero attached hydrogens (tertiary/aromatic N) is 4. The molecular weight excluding hydrogens is 294 g/mol. The zero-order valence-corrected chi connectivity index (χ0v) is 12.1. The number of methoxy groups -OCH3 is 1. The summed E-state index contributed by atoms with van der Waals surface area (Å²) < 4.78 is 5.10. The SMILES string of the molecule is COc1ccc2c(Nc3ccc4c(c3)=CC(=O)N=4)ncnc2n1. The number of rotatable bonds is 3. The molecule has 7 nitrogen and oxygen atoms in total. The number of hydrogen-bond donors (Lipinski definition) is 1. The molecule has 1 aliphatic rings. The smallest absolute Gasteiger partial charge is 0.270 e. The number of carbonyl (C=O) groups excluding carboxylic acids is 1. The minimum atomic E-state index is -0.235. The van der Waals surface area contributed by atoms with Crippen molar-refractivity contribution in [3.8, 4) is 5.88 Å². The van der Waals surface area contributed by atoms with Gasteiger partial charge in [0.1, 0.15) is 12.1 Å². The van der Waals surface area contributed by atoms with Gasteiger partial charge in [0.15, 0.2) is 5.65 Å². The lowest BCUT2D eigenvalue weighted by molar-refractivity contribution is -0.112. The van der Waals surface area contributed by atoms with Crippen LogP contribution in [-0.2, 0) is 4.79 Å². The number of benzene rings is 1. The monoisotopic (exact) mass is 305 g/mol. The van der Waals surface area contributed by atoms with E-state index in [-0.39, 0.29) is 5.91 Å². The second-order valence-electron chi connectivity index (χ2n) is 4.94. The van der Waals surface area contributed by atoms with Crippen LogP contribution in [0.3, 0.4) is 0 Å². The average molecular weight is 305 g/mol. The molecule has 1 N–H and O–H groups in total. The normalized spacial score (nSPS) is 12.5. The summed E-state index contributed by atoms with van der Waals surface area (Å²) in [6.45, 7) is 0. The second-order valence-corrected chi connectivity index (χ2v) is 4.94. The first-order valence-electron chi connectivity index (χ1n) is 6.90. The zero-order valence-electron chi connectivity index (χ0n) is 12.1. The van der Waals surface area contributed by atoms with Crippen LogP contribution in [0.25, 0.3) is 17.1 Å². The van der Waals surface area contributed by atoms with Crippen LogP contribution in [0, 0.1) is 0 Å². The van der Waals surface area contributed by atoms with Gasteiger partial charge in [-0.2, -0.15) is 4.98 Å². The van der Waals surface area contributed by atoms with Crippen LogP contribution >= 0.6 is 0 Å². The molecule has 112 valence electrons. The van der Waals surface area contributed by atoms with Crippen LogP contribution in [0.1, 0.15) is 0 Å². The van der Waals surface area contributed by atoms with Crippen molar-refractivity contribution in [1.29, 1.82) is 0 Å². The van der Waals surface area contributed by atoms with E-state index in [1.807, 2.05) is 18.2 Å². The molecule has 0 radical (unpaired) electrons. The summed E-state index contributed by atoms with van der Waals surface area (Å²) >= 11 is 0. The van der Waals surface area contributed by atoms with E-state index < -0.39 is 0 Å². The molecule has 7 heteroatoms. The van der Waals surface area contributed by atoms with Crippen LogP contribution in [-0.4, -0.2) is 28.0 Å². The summed E-state index contributed by atoms with van der Waals surface area (Å²) in [4.78, 5) is 27.9. The summed E-state index contributed by atoms with van der Waals surface area (Å²) in [6, 6.07) is 9.10. The Morgan fingerprint density at radius 3 is 2.91 bits per heavy atom. The molecule has 1 aromatic carbocycles. The summed E-state index contributed by atoms with van der Waals surface area (Å²) in [5.41, 5.74) is 1.35. The lowest BCUT2D eigenvalue weighted by Gasteiger charge is -2.08. The third-order valence-corrected chi connectivity index (χ3v) is 3.48. The Morgan fingerprint density at radius 2 is 2.04 bits per heavy atom. The Morgan fingerprint density at radius 1 is 1.13 bits per heavy atom. The van der Waals surface area contributed by atoms with Gasteiger partial charge in [-0.1, -0.05) is 0 Å². The molecule has 0 saturated heterocycles. The molecule has 0 bridgehead atoms. The van der Waals surface area contributed by atoms with Crippen molar-refractivity contribution in [3.63, 3.8) is 0 Å². The van der Waals surface area contributed by atoms with E-state index in [1.54, 1.807) is 19.2 Å². The van der Waals surface area contributed by atoms with Crippen LogP contribution < -0.4 is 20.6 Å². The predicted molar refractivity (Wildman–Crippen MR) is 83.9 cm³/mol. The maximum Gasteiger partial charge on any atom is 0.270 e. The molecule has 0 atom stereocenters. The highest BCUT2D eigenvalue weighted by molar-refractivity contribution is 6.06. The van der Waals surface area contributed by atoms with Gasteiger partial charge in [-0.15, -0.1) is 0 Å². The fourth-order valence-electron chi connectivity index (χ4n) is 2.41. The van der Waals surface area contributed by atoms with Gasteiger partial charge in [0.25, 0.3) is 5.91 Å². The number of fused-ring (bicyclic) bond motifs is 2. The molecule has 1 amide bonds. The molecule has 0 aliphatic carbocycles. The number of anilines is 2. The Balaban J connectivity index is 1.77. The molecule has 0 unspecified atom stereocenters. The summed E-state index contributed by atoms with van der Waals surface area (Å²) in [5.74, 6) is 0.890. The Hall–Kier alpha value is -3.35. The number of pyridine rings is 1. The number of nitrogens with one attached hydrogen (secondary N) is 1. The molecule has 4 rings (SSSR count). The number of carbonyl (C=O) groups is 1. The molecule has 1 aliphatic heterocycles. The quantitative estimate of drug-likeness (QED) is 0.767. The number of ether oxygens (including phenoxy) is 1. The Bertz CT molecular complexity index is 1060. The first-order chi connectivity index (χ1) is 11.2. The van der Waals surface area contributed by atoms with Gasteiger partial charge >= 0.3 is 0 Å². The summed E-state index contributed by atoms with van der Waals surface area (Å²) in [5, 5.41) is 5.47. The fraction of sp³-hybridized carbons (Fsp3) is 0.0625. The summed E-state index contributed by atoms with van der Waals surface area (Å²) in [7, 11) is 1.56. The number of hydrogen-bond acceptors (Lipinski definition) is 6. The highest BCUT2D eigenvalue weighted by Crippen LogP contribution is 2.22. The highest BCUT2D eigenvalue weighted by Gasteiger charge is 2.08. The maximum absolute atomic E-state index is 11.3. The van der Waals surface area contributed by atoms with E-state index >= 15 is 0 Å². The highest BCUT2D eigenvalue weighted by atomic mass is 16.5. The average Bonchev–Trinajstić information content (AvgIpc) is 2.94. The van der Waals surface area contributed by atoms with Crippen molar-refractivity contribution in [2.75, 3.05) is 12.4 Å². The van der Waals surface area contributed by atoms with Crippen LogP contribution in [0.4, 0.5) is 11.5 Å². The van der Waals surface area contributed by atoms with Crippen molar-refractivity contribution >= 4 is 34.5 Å². The third-order valence-electron chi connectivity index (χ3n) is 3.48. The van der Waals surface area contributed by atoms with E-state index in [2.05, 4.69) is 25.3 Å². The minimum Gasteiger partial charge on any atom is -0.481 e. The van der Waals surface area contributed by atoms with Crippen molar-refractivity contribution < 1.29 is 9.53 Å². The first-order valence-corrected chi connectivity index (χ1v) is 6.90. The van der Waals surface area contributed by atoms with E-state index in [0.29, 0.717) is 22.7 Å². The van der Waals surface area contributed by atoms with Crippen LogP contribution in [0.2, 0.25) is 0 Å². The van der Waals surface area contributed by atoms with Gasteiger partial charge in [-0.25, -0.2) is 15.0 Å². The van der Waals surface area contributed by atoms with Gasteiger partial charge in [0.2, 0.25) is 5.88 Å². The standard InChI is InChI=1S/C16H11N5O2/c1-23-14-5-3-11-15(17-8-18-16(11)21-14)19-10-2-4-12-9(6-10)7-13(22)20-12/h2-8H,1H3,(H,17,18,19,21). The lowest BCUT2D eigenvalue weighted by Crippen LogP contribution is -2.21. The molecule has 0 spiro atoms. The van der Waals surface area contributed by atoms with E-state index in [9.17, 15) is 4.79 Å². The topological polar surface area (TPSA) is 89.4 Å². The largest absolute Gasteiger partial charge is 0.481 e. The molecule has 0 saturated carbocycles. The third kappa shape index (κ3) is 2.38. The minimum absolute atomic E-state index is 0.235. The molecule has 0 fully saturated rings. The first kappa shape index (κ1) is 13.3. The molecule has 2 aromatic heterocycles. The molecular formula is C16H11N5O2. The van der Waals surface area contributed by atoms with Gasteiger partial charge in [0.05, 0.1) is 17.9 Å². The Kier molecular flexibility index (Phi) is 2.97. The van der Waals surface area contributed by atoms with E-state index in [0.717, 1.165) is 16.3 Å². The zero-order chi connectivity index (χ0) is 15.8. The summed E-state index contributed by atoms with van der Waals surface area (Å²) in [6.07, 6.45) is 2.94. The Labute approximate surface area is 130 Å². The van der Waals surface area contributed by atoms with Crippen LogP contribution in [0.5, 0.6) is 5.88 Å². The molecule has 23 heavy (non-hydrogen) atoms. The van der Waals surface area contributed by atoms with E-state index in [4.69, 9.17) is 4.74 Å². The maximum atomic E-state index is 11.3. The van der Waals surface area contributed by atoms with E-state index in [1.165, 1.54) is 12.4 Å². The molecule has 3 heterocycles. The van der Waals surface area contributed by atoms with Crippen molar-refractivity contribution in [2.24, 2.45) is 4.99 Å². The lowest BCUT2D eigenvalue weighted by atomic mass is 10.2. The van der Waals surface area contributed by atoms with Gasteiger partial charge in [-0.3, -0.25) is 4.79 Å². The number of aromatic nitrogens is 3. The van der Waals surface area contributed by atoms with Gasteiger partial charge in [0, 0.05) is 23.0 Å². The van der Waals surface area contributed by atoms with Crippen molar-refractivity contribution in [1.82, 2.24) is 15.0 Å². The van der Waals surface area contributed by atoms with Crippen molar-refractivity contribution in [3.05, 3.63) is 47.2 Å². The second kappa shape index (κ2) is 5.13. The predicted octanol–water partition coefficient (Wildman–Crippen LogP) is 0.717.